The third kappa shape index (κ3) is 2.66. The van der Waals surface area contributed by atoms with E-state index in [1.807, 2.05) is 4.57 Å². The second-order valence-electron chi connectivity index (χ2n) is 5.17. The number of benzene rings is 1. The van der Waals surface area contributed by atoms with Crippen molar-refractivity contribution < 1.29 is 13.9 Å². The van der Waals surface area contributed by atoms with Crippen molar-refractivity contribution >= 4 is 5.97 Å². The van der Waals surface area contributed by atoms with E-state index in [1.54, 1.807) is 18.2 Å². The summed E-state index contributed by atoms with van der Waals surface area (Å²) in [5.41, 5.74) is 0.600. The smallest absolute Gasteiger partial charge is 0.309 e. The lowest BCUT2D eigenvalue weighted by Crippen LogP contribution is -2.27. The molecule has 0 saturated carbocycles. The zero-order valence-electron chi connectivity index (χ0n) is 11.8. The van der Waals surface area contributed by atoms with E-state index < -0.39 is 0 Å². The summed E-state index contributed by atoms with van der Waals surface area (Å²) in [6.07, 6.45) is 1.63. The van der Waals surface area contributed by atoms with Crippen molar-refractivity contribution in [1.82, 2.24) is 14.8 Å². The second-order valence-corrected chi connectivity index (χ2v) is 5.17. The van der Waals surface area contributed by atoms with Gasteiger partial charge in [-0.25, -0.2) is 4.39 Å². The minimum absolute atomic E-state index is 0.159. The summed E-state index contributed by atoms with van der Waals surface area (Å²) in [5, 5.41) is 8.28. The van der Waals surface area contributed by atoms with Crippen molar-refractivity contribution in [2.45, 2.75) is 25.8 Å². The number of carbonyl (C=O) groups is 1. The van der Waals surface area contributed by atoms with Crippen molar-refractivity contribution in [1.29, 1.82) is 0 Å². The molecular weight excluding hydrogens is 273 g/mol. The Morgan fingerprint density at radius 2 is 2.24 bits per heavy atom. The Hall–Kier alpha value is -2.24. The number of hydrogen-bond donors (Lipinski definition) is 0. The van der Waals surface area contributed by atoms with E-state index in [0.29, 0.717) is 31.4 Å². The van der Waals surface area contributed by atoms with Gasteiger partial charge < -0.3 is 9.30 Å². The molecule has 1 aromatic heterocycles. The zero-order chi connectivity index (χ0) is 14.8. The third-order valence-electron chi connectivity index (χ3n) is 3.88. The highest BCUT2D eigenvalue weighted by molar-refractivity contribution is 5.72. The van der Waals surface area contributed by atoms with E-state index in [-0.39, 0.29) is 17.7 Å². The van der Waals surface area contributed by atoms with Gasteiger partial charge in [0.25, 0.3) is 0 Å². The molecule has 0 N–H and O–H groups in total. The lowest BCUT2D eigenvalue weighted by atomic mass is 9.98. The van der Waals surface area contributed by atoms with Crippen molar-refractivity contribution in [2.24, 2.45) is 5.92 Å². The molecule has 0 aliphatic carbocycles. The molecule has 110 valence electrons. The van der Waals surface area contributed by atoms with Gasteiger partial charge in [-0.15, -0.1) is 10.2 Å². The van der Waals surface area contributed by atoms with E-state index in [9.17, 15) is 9.18 Å². The molecule has 1 unspecified atom stereocenters. The van der Waals surface area contributed by atoms with Gasteiger partial charge in [0.15, 0.2) is 0 Å². The van der Waals surface area contributed by atoms with Crippen LogP contribution in [0.2, 0.25) is 0 Å². The Labute approximate surface area is 121 Å². The molecule has 0 radical (unpaired) electrons. The molecule has 2 heterocycles. The minimum Gasteiger partial charge on any atom is -0.469 e. The topological polar surface area (TPSA) is 57.0 Å². The zero-order valence-corrected chi connectivity index (χ0v) is 11.8. The quantitative estimate of drug-likeness (QED) is 0.808. The van der Waals surface area contributed by atoms with E-state index in [1.165, 1.54) is 13.2 Å². The summed E-state index contributed by atoms with van der Waals surface area (Å²) in [6.45, 7) is 0.659. The average molecular weight is 289 g/mol. The highest BCUT2D eigenvalue weighted by Crippen LogP contribution is 2.22. The SMILES string of the molecule is COC(=O)C1CCn2c(Cc3ccccc3F)nnc2C1. The molecule has 1 aliphatic heterocycles. The van der Waals surface area contributed by atoms with Crippen LogP contribution in [0.4, 0.5) is 4.39 Å². The van der Waals surface area contributed by atoms with Gasteiger partial charge in [-0.05, 0) is 18.1 Å². The Balaban J connectivity index is 1.81. The Morgan fingerprint density at radius 1 is 1.43 bits per heavy atom. The summed E-state index contributed by atoms with van der Waals surface area (Å²) in [6, 6.07) is 6.66. The van der Waals surface area contributed by atoms with E-state index in [0.717, 1.165) is 11.6 Å². The van der Waals surface area contributed by atoms with Crippen LogP contribution in [0.3, 0.4) is 0 Å². The van der Waals surface area contributed by atoms with Crippen molar-refractivity contribution in [3.05, 3.63) is 47.3 Å². The minimum atomic E-state index is -0.238. The van der Waals surface area contributed by atoms with Crippen molar-refractivity contribution in [2.75, 3.05) is 7.11 Å². The van der Waals surface area contributed by atoms with Crippen LogP contribution in [-0.2, 0) is 28.9 Å². The Morgan fingerprint density at radius 3 is 3.00 bits per heavy atom. The standard InChI is InChI=1S/C15H16FN3O2/c1-21-15(20)11-6-7-19-13(17-18-14(19)9-11)8-10-4-2-3-5-12(10)16/h2-5,11H,6-9H2,1H3. The average Bonchev–Trinajstić information content (AvgIpc) is 2.91. The molecule has 6 heteroatoms. The normalized spacial score (nSPS) is 17.3. The molecule has 0 amide bonds. The predicted octanol–water partition coefficient (Wildman–Crippen LogP) is 1.74. The maximum atomic E-state index is 13.7. The number of ether oxygens (including phenoxy) is 1. The summed E-state index contributed by atoms with van der Waals surface area (Å²) in [7, 11) is 1.39. The fourth-order valence-electron chi connectivity index (χ4n) is 2.70. The van der Waals surface area contributed by atoms with Gasteiger partial charge in [0, 0.05) is 19.4 Å². The van der Waals surface area contributed by atoms with Crippen molar-refractivity contribution in [3.8, 4) is 0 Å². The highest BCUT2D eigenvalue weighted by atomic mass is 19.1. The fourth-order valence-corrected chi connectivity index (χ4v) is 2.70. The number of carbonyl (C=O) groups excluding carboxylic acids is 1. The van der Waals surface area contributed by atoms with Crippen LogP contribution in [-0.4, -0.2) is 27.8 Å². The lowest BCUT2D eigenvalue weighted by Gasteiger charge is -2.21. The maximum absolute atomic E-state index is 13.7. The fraction of sp³-hybridized carbons (Fsp3) is 0.400. The van der Waals surface area contributed by atoms with Gasteiger partial charge >= 0.3 is 5.97 Å². The molecular formula is C15H16FN3O2. The number of nitrogens with zero attached hydrogens (tertiary/aromatic N) is 3. The van der Waals surface area contributed by atoms with Gasteiger partial charge in [0.05, 0.1) is 13.0 Å². The van der Waals surface area contributed by atoms with Crippen LogP contribution in [0.1, 0.15) is 23.6 Å². The molecule has 0 fully saturated rings. The van der Waals surface area contributed by atoms with Gasteiger partial charge in [0.1, 0.15) is 17.5 Å². The lowest BCUT2D eigenvalue weighted by molar-refractivity contribution is -0.146. The number of aromatic nitrogens is 3. The number of methoxy groups -OCH3 is 1. The first-order chi connectivity index (χ1) is 10.2. The Bertz CT molecular complexity index is 669. The van der Waals surface area contributed by atoms with Gasteiger partial charge in [-0.1, -0.05) is 18.2 Å². The molecule has 1 atom stereocenters. The van der Waals surface area contributed by atoms with Crippen LogP contribution < -0.4 is 0 Å². The summed E-state index contributed by atoms with van der Waals surface area (Å²) in [5.74, 6) is 0.896. The molecule has 0 spiro atoms. The van der Waals surface area contributed by atoms with Crippen LogP contribution in [0.25, 0.3) is 0 Å². The monoisotopic (exact) mass is 289 g/mol. The van der Waals surface area contributed by atoms with Gasteiger partial charge in [0.2, 0.25) is 0 Å². The summed E-state index contributed by atoms with van der Waals surface area (Å²) in [4.78, 5) is 11.6. The molecule has 2 aromatic rings. The first-order valence-corrected chi connectivity index (χ1v) is 6.91. The number of fused-ring (bicyclic) bond motifs is 1. The third-order valence-corrected chi connectivity index (χ3v) is 3.88. The number of esters is 1. The first kappa shape index (κ1) is 13.7. The van der Waals surface area contributed by atoms with Crippen LogP contribution in [0.5, 0.6) is 0 Å². The van der Waals surface area contributed by atoms with Gasteiger partial charge in [-0.2, -0.15) is 0 Å². The number of rotatable bonds is 3. The molecule has 5 nitrogen and oxygen atoms in total. The van der Waals surface area contributed by atoms with Crippen molar-refractivity contribution in [3.63, 3.8) is 0 Å². The van der Waals surface area contributed by atoms with E-state index >= 15 is 0 Å². The van der Waals surface area contributed by atoms with Gasteiger partial charge in [-0.3, -0.25) is 4.79 Å². The summed E-state index contributed by atoms with van der Waals surface area (Å²) >= 11 is 0. The Kier molecular flexibility index (Phi) is 3.68. The van der Waals surface area contributed by atoms with Crippen LogP contribution >= 0.6 is 0 Å². The van der Waals surface area contributed by atoms with Crippen LogP contribution in [0.15, 0.2) is 24.3 Å². The summed E-state index contributed by atoms with van der Waals surface area (Å²) < 4.78 is 20.5. The molecule has 0 bridgehead atoms. The van der Waals surface area contributed by atoms with Crippen LogP contribution in [0, 0.1) is 11.7 Å². The second kappa shape index (κ2) is 5.63. The molecule has 1 aliphatic rings. The number of hydrogen-bond acceptors (Lipinski definition) is 4. The molecule has 0 saturated heterocycles. The predicted molar refractivity (Wildman–Crippen MR) is 73.1 cm³/mol. The molecule has 3 rings (SSSR count). The molecule has 1 aromatic carbocycles. The first-order valence-electron chi connectivity index (χ1n) is 6.91. The maximum Gasteiger partial charge on any atom is 0.309 e. The van der Waals surface area contributed by atoms with E-state index in [4.69, 9.17) is 4.74 Å². The number of halogens is 1. The highest BCUT2D eigenvalue weighted by Gasteiger charge is 2.28. The van der Waals surface area contributed by atoms with E-state index in [2.05, 4.69) is 10.2 Å². The largest absolute Gasteiger partial charge is 0.469 e. The molecule has 21 heavy (non-hydrogen) atoms.